The first-order valence-corrected chi connectivity index (χ1v) is 9.81. The van der Waals surface area contributed by atoms with Crippen LogP contribution in [0.25, 0.3) is 0 Å². The van der Waals surface area contributed by atoms with E-state index >= 15 is 0 Å². The van der Waals surface area contributed by atoms with Crippen molar-refractivity contribution in [2.24, 2.45) is 11.8 Å². The van der Waals surface area contributed by atoms with Crippen LogP contribution in [-0.4, -0.2) is 99.9 Å². The van der Waals surface area contributed by atoms with Crippen molar-refractivity contribution < 1.29 is 58.8 Å². The van der Waals surface area contributed by atoms with E-state index < -0.39 is 79.1 Å². The standard InChI is InChI=1S/C19H28O12/c1-7(21)31-19(2)4-9(22)11-8(16(26)27-3)6-28-17(12(11)19)30-18-15(25)14(24)13(23)10(5-20)29-18/h6,9-15,17-18,20,22-25H,4-5H2,1-3H3/t9?,10?,11-,12-,13?,14?,15?,17?,18?,19+/m1/s1. The van der Waals surface area contributed by atoms with Gasteiger partial charge in [-0.15, -0.1) is 0 Å². The molecule has 0 radical (unpaired) electrons. The fourth-order valence-corrected chi connectivity index (χ4v) is 4.63. The van der Waals surface area contributed by atoms with E-state index in [1.54, 1.807) is 6.92 Å². The van der Waals surface area contributed by atoms with Crippen molar-refractivity contribution in [1.82, 2.24) is 0 Å². The normalized spacial score (nSPS) is 44.6. The Kier molecular flexibility index (Phi) is 6.91. The number of carbonyl (C=O) groups is 2. The lowest BCUT2D eigenvalue weighted by Gasteiger charge is -2.44. The van der Waals surface area contributed by atoms with Crippen LogP contribution in [0.15, 0.2) is 11.8 Å². The molecule has 31 heavy (non-hydrogen) atoms. The minimum absolute atomic E-state index is 0.0181. The third-order valence-corrected chi connectivity index (χ3v) is 6.02. The van der Waals surface area contributed by atoms with Crippen molar-refractivity contribution in [3.63, 3.8) is 0 Å². The number of aliphatic hydroxyl groups is 5. The van der Waals surface area contributed by atoms with Crippen molar-refractivity contribution in [2.75, 3.05) is 13.7 Å². The summed E-state index contributed by atoms with van der Waals surface area (Å²) in [5.74, 6) is -3.18. The van der Waals surface area contributed by atoms with E-state index in [1.165, 1.54) is 14.0 Å². The first-order chi connectivity index (χ1) is 14.5. The molecule has 2 heterocycles. The Morgan fingerprint density at radius 1 is 1.16 bits per heavy atom. The van der Waals surface area contributed by atoms with Crippen LogP contribution >= 0.6 is 0 Å². The molecule has 0 aromatic rings. The molecule has 0 aromatic heterocycles. The molecule has 10 atom stereocenters. The topological polar surface area (TPSA) is 181 Å². The Balaban J connectivity index is 1.93. The number of hydrogen-bond acceptors (Lipinski definition) is 12. The van der Waals surface area contributed by atoms with Crippen LogP contribution in [0.4, 0.5) is 0 Å². The quantitative estimate of drug-likeness (QED) is 0.280. The largest absolute Gasteiger partial charge is 0.471 e. The second-order valence-corrected chi connectivity index (χ2v) is 8.13. The number of fused-ring (bicyclic) bond motifs is 1. The summed E-state index contributed by atoms with van der Waals surface area (Å²) in [5, 5.41) is 50.3. The van der Waals surface area contributed by atoms with Crippen LogP contribution in [0.5, 0.6) is 0 Å². The molecule has 1 saturated carbocycles. The van der Waals surface area contributed by atoms with Gasteiger partial charge in [0, 0.05) is 19.3 Å². The maximum Gasteiger partial charge on any atom is 0.337 e. The molecule has 5 N–H and O–H groups in total. The average molecular weight is 448 g/mol. The number of aliphatic hydroxyl groups excluding tert-OH is 5. The van der Waals surface area contributed by atoms with Crippen molar-refractivity contribution in [3.8, 4) is 0 Å². The minimum atomic E-state index is -1.70. The molecule has 0 bridgehead atoms. The average Bonchev–Trinajstić information content (AvgIpc) is 2.98. The molecule has 3 rings (SSSR count). The molecule has 0 aromatic carbocycles. The van der Waals surface area contributed by atoms with E-state index in [1.807, 2.05) is 0 Å². The monoisotopic (exact) mass is 448 g/mol. The highest BCUT2D eigenvalue weighted by atomic mass is 16.8. The molecule has 7 unspecified atom stereocenters. The zero-order valence-corrected chi connectivity index (χ0v) is 17.3. The smallest absolute Gasteiger partial charge is 0.337 e. The van der Waals surface area contributed by atoms with E-state index in [9.17, 15) is 35.1 Å². The molecule has 1 aliphatic carbocycles. The third-order valence-electron chi connectivity index (χ3n) is 6.02. The lowest BCUT2D eigenvalue weighted by atomic mass is 9.80. The van der Waals surface area contributed by atoms with Crippen molar-refractivity contribution >= 4 is 11.9 Å². The van der Waals surface area contributed by atoms with Gasteiger partial charge >= 0.3 is 11.9 Å². The van der Waals surface area contributed by atoms with Crippen LogP contribution in [0.2, 0.25) is 0 Å². The molecular weight excluding hydrogens is 420 g/mol. The Hall–Kier alpha value is -1.80. The maximum atomic E-state index is 12.2. The highest BCUT2D eigenvalue weighted by Gasteiger charge is 2.61. The highest BCUT2D eigenvalue weighted by Crippen LogP contribution is 2.51. The van der Waals surface area contributed by atoms with Crippen molar-refractivity contribution in [1.29, 1.82) is 0 Å². The van der Waals surface area contributed by atoms with Crippen LogP contribution in [0.1, 0.15) is 20.3 Å². The van der Waals surface area contributed by atoms with Gasteiger partial charge in [-0.3, -0.25) is 4.79 Å². The Morgan fingerprint density at radius 3 is 2.42 bits per heavy atom. The SMILES string of the molecule is COC(=O)C1=COC(OC2OC(CO)C(O)C(O)C2O)[C@H]2[C@H]1C(O)C[C@]2(C)OC(C)=O. The summed E-state index contributed by atoms with van der Waals surface area (Å²) < 4.78 is 26.8. The fraction of sp³-hybridized carbons (Fsp3) is 0.789. The van der Waals surface area contributed by atoms with Crippen molar-refractivity contribution in [3.05, 3.63) is 11.8 Å². The number of hydrogen-bond donors (Lipinski definition) is 5. The lowest BCUT2D eigenvalue weighted by Crippen LogP contribution is -2.61. The van der Waals surface area contributed by atoms with Crippen LogP contribution < -0.4 is 0 Å². The van der Waals surface area contributed by atoms with Gasteiger partial charge in [0.05, 0.1) is 37.6 Å². The second kappa shape index (κ2) is 8.98. The summed E-state index contributed by atoms with van der Waals surface area (Å²) in [4.78, 5) is 23.9. The van der Waals surface area contributed by atoms with Crippen LogP contribution in [-0.2, 0) is 33.3 Å². The van der Waals surface area contributed by atoms with Gasteiger partial charge in [-0.2, -0.15) is 0 Å². The lowest BCUT2D eigenvalue weighted by molar-refractivity contribution is -0.346. The zero-order valence-electron chi connectivity index (χ0n) is 17.3. The van der Waals surface area contributed by atoms with Gasteiger partial charge in [-0.25, -0.2) is 4.79 Å². The van der Waals surface area contributed by atoms with E-state index in [4.69, 9.17) is 23.7 Å². The first kappa shape index (κ1) is 23.9. The van der Waals surface area contributed by atoms with Gasteiger partial charge < -0.3 is 49.2 Å². The number of rotatable bonds is 5. The minimum Gasteiger partial charge on any atom is -0.471 e. The second-order valence-electron chi connectivity index (χ2n) is 8.13. The Morgan fingerprint density at radius 2 is 1.84 bits per heavy atom. The summed E-state index contributed by atoms with van der Waals surface area (Å²) in [6.07, 6.45) is -9.07. The highest BCUT2D eigenvalue weighted by molar-refractivity contribution is 5.89. The summed E-state index contributed by atoms with van der Waals surface area (Å²) in [6, 6.07) is 0. The van der Waals surface area contributed by atoms with Crippen molar-refractivity contribution in [2.45, 2.75) is 69.0 Å². The molecule has 0 spiro atoms. The van der Waals surface area contributed by atoms with Crippen LogP contribution in [0, 0.1) is 11.8 Å². The number of carbonyl (C=O) groups excluding carboxylic acids is 2. The number of esters is 2. The Bertz CT molecular complexity index is 723. The molecule has 2 aliphatic heterocycles. The maximum absolute atomic E-state index is 12.2. The number of methoxy groups -OCH3 is 1. The number of ether oxygens (including phenoxy) is 5. The summed E-state index contributed by atoms with van der Waals surface area (Å²) >= 11 is 0. The van der Waals surface area contributed by atoms with Gasteiger partial charge in [0.2, 0.25) is 6.29 Å². The van der Waals surface area contributed by atoms with Crippen LogP contribution in [0.3, 0.4) is 0 Å². The molecule has 12 nitrogen and oxygen atoms in total. The molecule has 0 amide bonds. The van der Waals surface area contributed by atoms with Gasteiger partial charge in [0.15, 0.2) is 6.29 Å². The predicted octanol–water partition coefficient (Wildman–Crippen LogP) is -2.47. The summed E-state index contributed by atoms with van der Waals surface area (Å²) in [7, 11) is 1.17. The van der Waals surface area contributed by atoms with Gasteiger partial charge in [0.1, 0.15) is 30.0 Å². The Labute approximate surface area is 177 Å². The predicted molar refractivity (Wildman–Crippen MR) is 97.6 cm³/mol. The van der Waals surface area contributed by atoms with E-state index in [0.717, 1.165) is 6.26 Å². The fourth-order valence-electron chi connectivity index (χ4n) is 4.63. The molecule has 1 saturated heterocycles. The van der Waals surface area contributed by atoms with E-state index in [0.29, 0.717) is 0 Å². The first-order valence-electron chi connectivity index (χ1n) is 9.81. The van der Waals surface area contributed by atoms with Gasteiger partial charge in [0.25, 0.3) is 0 Å². The zero-order chi connectivity index (χ0) is 23.1. The van der Waals surface area contributed by atoms with Gasteiger partial charge in [-0.1, -0.05) is 0 Å². The molecule has 3 aliphatic rings. The van der Waals surface area contributed by atoms with E-state index in [2.05, 4.69) is 0 Å². The summed E-state index contributed by atoms with van der Waals surface area (Å²) in [5.41, 5.74) is -1.30. The molecule has 176 valence electrons. The molecule has 12 heteroatoms. The summed E-state index contributed by atoms with van der Waals surface area (Å²) in [6.45, 7) is 2.09. The molecular formula is C19H28O12. The van der Waals surface area contributed by atoms with Gasteiger partial charge in [-0.05, 0) is 6.92 Å². The molecule has 2 fully saturated rings. The van der Waals surface area contributed by atoms with E-state index in [-0.39, 0.29) is 12.0 Å². The third kappa shape index (κ3) is 4.29.